The number of rotatable bonds is 12. The molecule has 0 unspecified atom stereocenters. The van der Waals surface area contributed by atoms with E-state index in [1.54, 1.807) is 0 Å². The second-order valence-corrected chi connectivity index (χ2v) is 7.42. The lowest BCUT2D eigenvalue weighted by Crippen LogP contribution is -2.14. The molecule has 0 spiro atoms. The Bertz CT molecular complexity index is 623. The van der Waals surface area contributed by atoms with E-state index >= 15 is 0 Å². The molecular formula is C22H29Cl2NO. The topological polar surface area (TPSA) is 21.3 Å². The smallest absolute Gasteiger partial charge is 0.156 e. The maximum absolute atomic E-state index is 6.37. The fourth-order valence-electron chi connectivity index (χ4n) is 2.85. The molecule has 2 nitrogen and oxygen atoms in total. The number of nitrogens with one attached hydrogen (secondary N) is 1. The van der Waals surface area contributed by atoms with Crippen LogP contribution in [0.5, 0.6) is 5.75 Å². The Balaban J connectivity index is 1.75. The Hall–Kier alpha value is -1.22. The highest BCUT2D eigenvalue weighted by Crippen LogP contribution is 2.34. The number of benzene rings is 2. The van der Waals surface area contributed by atoms with Crippen molar-refractivity contribution in [3.63, 3.8) is 0 Å². The normalized spacial score (nSPS) is 10.9. The molecule has 2 aromatic rings. The summed E-state index contributed by atoms with van der Waals surface area (Å²) < 4.78 is 5.81. The molecule has 0 aliphatic carbocycles. The summed E-state index contributed by atoms with van der Waals surface area (Å²) >= 11 is 12.7. The van der Waals surface area contributed by atoms with Gasteiger partial charge in [0.25, 0.3) is 0 Å². The SMILES string of the molecule is CCCCCCCCNCc1cc(Cl)c(OCc2ccccc2)c(Cl)c1. The Morgan fingerprint density at radius 2 is 1.50 bits per heavy atom. The Labute approximate surface area is 167 Å². The summed E-state index contributed by atoms with van der Waals surface area (Å²) in [6.07, 6.45) is 7.84. The summed E-state index contributed by atoms with van der Waals surface area (Å²) in [5, 5.41) is 4.59. The Kier molecular flexibility index (Phi) is 9.91. The van der Waals surface area contributed by atoms with Crippen LogP contribution >= 0.6 is 23.2 Å². The van der Waals surface area contributed by atoms with E-state index in [4.69, 9.17) is 27.9 Å². The van der Waals surface area contributed by atoms with Crippen molar-refractivity contribution in [2.24, 2.45) is 0 Å². The molecule has 0 heterocycles. The molecule has 2 rings (SSSR count). The van der Waals surface area contributed by atoms with E-state index < -0.39 is 0 Å². The van der Waals surface area contributed by atoms with E-state index in [2.05, 4.69) is 12.2 Å². The van der Waals surface area contributed by atoms with Crippen LogP contribution < -0.4 is 10.1 Å². The molecule has 0 saturated heterocycles. The zero-order valence-electron chi connectivity index (χ0n) is 15.6. The maximum Gasteiger partial charge on any atom is 0.156 e. The predicted octanol–water partition coefficient (Wildman–Crippen LogP) is 7.02. The molecule has 0 saturated carbocycles. The van der Waals surface area contributed by atoms with Crippen LogP contribution in [-0.4, -0.2) is 6.54 Å². The van der Waals surface area contributed by atoms with Gasteiger partial charge >= 0.3 is 0 Å². The van der Waals surface area contributed by atoms with Crippen molar-refractivity contribution in [2.75, 3.05) is 6.54 Å². The molecule has 0 bridgehead atoms. The van der Waals surface area contributed by atoms with Crippen molar-refractivity contribution in [2.45, 2.75) is 58.6 Å². The third-order valence-electron chi connectivity index (χ3n) is 4.32. The molecule has 0 aromatic heterocycles. The van der Waals surface area contributed by atoms with Crippen LogP contribution in [0, 0.1) is 0 Å². The zero-order valence-corrected chi connectivity index (χ0v) is 17.1. The minimum absolute atomic E-state index is 0.454. The number of hydrogen-bond acceptors (Lipinski definition) is 2. The lowest BCUT2D eigenvalue weighted by Gasteiger charge is -2.12. The van der Waals surface area contributed by atoms with Crippen LogP contribution in [0.3, 0.4) is 0 Å². The molecule has 0 radical (unpaired) electrons. The third-order valence-corrected chi connectivity index (χ3v) is 4.88. The van der Waals surface area contributed by atoms with Gasteiger partial charge in [0.1, 0.15) is 6.61 Å². The van der Waals surface area contributed by atoms with Gasteiger partial charge in [0.05, 0.1) is 10.0 Å². The van der Waals surface area contributed by atoms with Crippen LogP contribution in [0.15, 0.2) is 42.5 Å². The first-order valence-corrected chi connectivity index (χ1v) is 10.3. The molecule has 0 aliphatic rings. The number of ether oxygens (including phenoxy) is 1. The van der Waals surface area contributed by atoms with Crippen molar-refractivity contribution >= 4 is 23.2 Å². The predicted molar refractivity (Wildman–Crippen MR) is 112 cm³/mol. The molecular weight excluding hydrogens is 365 g/mol. The monoisotopic (exact) mass is 393 g/mol. The van der Waals surface area contributed by atoms with Gasteiger partial charge in [0.2, 0.25) is 0 Å². The second kappa shape index (κ2) is 12.2. The average Bonchev–Trinajstić information content (AvgIpc) is 2.64. The fraction of sp³-hybridized carbons (Fsp3) is 0.455. The Morgan fingerprint density at radius 1 is 0.846 bits per heavy atom. The van der Waals surface area contributed by atoms with Crippen molar-refractivity contribution in [1.29, 1.82) is 0 Å². The maximum atomic E-state index is 6.37. The van der Waals surface area contributed by atoms with Crippen molar-refractivity contribution in [3.8, 4) is 5.75 Å². The number of hydrogen-bond donors (Lipinski definition) is 1. The van der Waals surface area contributed by atoms with Gasteiger partial charge in [0, 0.05) is 6.54 Å². The van der Waals surface area contributed by atoms with Crippen LogP contribution in [-0.2, 0) is 13.2 Å². The number of halogens is 2. The van der Waals surface area contributed by atoms with Crippen molar-refractivity contribution in [1.82, 2.24) is 5.32 Å². The first kappa shape index (κ1) is 21.1. The summed E-state index contributed by atoms with van der Waals surface area (Å²) in [6, 6.07) is 13.9. The first-order valence-electron chi connectivity index (χ1n) is 9.56. The summed E-state index contributed by atoms with van der Waals surface area (Å²) in [5.41, 5.74) is 2.17. The molecule has 26 heavy (non-hydrogen) atoms. The lowest BCUT2D eigenvalue weighted by atomic mass is 10.1. The fourth-order valence-corrected chi connectivity index (χ4v) is 3.49. The average molecular weight is 394 g/mol. The third kappa shape index (κ3) is 7.57. The first-order chi connectivity index (χ1) is 12.7. The molecule has 1 N–H and O–H groups in total. The van der Waals surface area contributed by atoms with E-state index in [0.29, 0.717) is 22.4 Å². The molecule has 0 aliphatic heterocycles. The van der Waals surface area contributed by atoms with Gasteiger partial charge in [-0.1, -0.05) is 92.6 Å². The van der Waals surface area contributed by atoms with Crippen LogP contribution in [0.1, 0.15) is 56.6 Å². The summed E-state index contributed by atoms with van der Waals surface area (Å²) in [5.74, 6) is 0.553. The molecule has 0 amide bonds. The molecule has 0 fully saturated rings. The standard InChI is InChI=1S/C22H29Cl2NO/c1-2-3-4-5-6-10-13-25-16-19-14-20(23)22(21(24)15-19)26-17-18-11-8-7-9-12-18/h7-9,11-12,14-15,25H,2-6,10,13,16-17H2,1H3. The second-order valence-electron chi connectivity index (χ2n) is 6.61. The Morgan fingerprint density at radius 3 is 2.19 bits per heavy atom. The minimum Gasteiger partial charge on any atom is -0.486 e. The van der Waals surface area contributed by atoms with E-state index in [9.17, 15) is 0 Å². The highest BCUT2D eigenvalue weighted by atomic mass is 35.5. The van der Waals surface area contributed by atoms with Crippen LogP contribution in [0.25, 0.3) is 0 Å². The van der Waals surface area contributed by atoms with Gasteiger partial charge < -0.3 is 10.1 Å². The van der Waals surface area contributed by atoms with Gasteiger partial charge in [0.15, 0.2) is 5.75 Å². The van der Waals surface area contributed by atoms with E-state index in [1.807, 2.05) is 42.5 Å². The summed E-state index contributed by atoms with van der Waals surface area (Å²) in [6.45, 7) is 4.49. The zero-order chi connectivity index (χ0) is 18.6. The van der Waals surface area contributed by atoms with Crippen LogP contribution in [0.2, 0.25) is 10.0 Å². The minimum atomic E-state index is 0.454. The largest absolute Gasteiger partial charge is 0.486 e. The van der Waals surface area contributed by atoms with Gasteiger partial charge in [-0.25, -0.2) is 0 Å². The summed E-state index contributed by atoms with van der Waals surface area (Å²) in [7, 11) is 0. The summed E-state index contributed by atoms with van der Waals surface area (Å²) in [4.78, 5) is 0. The van der Waals surface area contributed by atoms with Gasteiger partial charge in [-0.05, 0) is 36.2 Å². The quantitative estimate of drug-likeness (QED) is 0.391. The molecule has 0 atom stereocenters. The van der Waals surface area contributed by atoms with E-state index in [0.717, 1.165) is 24.2 Å². The number of unbranched alkanes of at least 4 members (excludes halogenated alkanes) is 5. The van der Waals surface area contributed by atoms with Crippen LogP contribution in [0.4, 0.5) is 0 Å². The molecule has 2 aromatic carbocycles. The van der Waals surface area contributed by atoms with E-state index in [-0.39, 0.29) is 0 Å². The molecule has 4 heteroatoms. The highest BCUT2D eigenvalue weighted by molar-refractivity contribution is 6.37. The van der Waals surface area contributed by atoms with Gasteiger partial charge in [-0.15, -0.1) is 0 Å². The van der Waals surface area contributed by atoms with Crippen molar-refractivity contribution < 1.29 is 4.74 Å². The molecule has 142 valence electrons. The van der Waals surface area contributed by atoms with E-state index in [1.165, 1.54) is 38.5 Å². The van der Waals surface area contributed by atoms with Crippen molar-refractivity contribution in [3.05, 3.63) is 63.6 Å². The highest BCUT2D eigenvalue weighted by Gasteiger charge is 2.10. The van der Waals surface area contributed by atoms with Gasteiger partial charge in [-0.3, -0.25) is 0 Å². The lowest BCUT2D eigenvalue weighted by molar-refractivity contribution is 0.306. The van der Waals surface area contributed by atoms with Gasteiger partial charge in [-0.2, -0.15) is 0 Å².